The van der Waals surface area contributed by atoms with E-state index in [2.05, 4.69) is 18.8 Å². The van der Waals surface area contributed by atoms with E-state index in [9.17, 15) is 9.59 Å². The summed E-state index contributed by atoms with van der Waals surface area (Å²) in [6.07, 6.45) is 1.12. The first-order chi connectivity index (χ1) is 13.0. The Morgan fingerprint density at radius 3 is 2.48 bits per heavy atom. The fraction of sp³-hybridized carbons (Fsp3) is 0.286. The van der Waals surface area contributed by atoms with Crippen molar-refractivity contribution in [3.8, 4) is 0 Å². The van der Waals surface area contributed by atoms with Gasteiger partial charge in [0.1, 0.15) is 6.54 Å². The molecule has 1 aliphatic rings. The summed E-state index contributed by atoms with van der Waals surface area (Å²) in [5.41, 5.74) is 2.92. The highest BCUT2D eigenvalue weighted by Gasteiger charge is 2.25. The Hall–Kier alpha value is -2.66. The van der Waals surface area contributed by atoms with Gasteiger partial charge in [-0.3, -0.25) is 14.6 Å². The normalized spacial score (nSPS) is 13.1. The second-order valence-corrected chi connectivity index (χ2v) is 6.52. The Balaban J connectivity index is 0.000000817. The second kappa shape index (κ2) is 9.88. The van der Waals surface area contributed by atoms with Crippen molar-refractivity contribution in [3.05, 3.63) is 64.7 Å². The molecule has 0 fully saturated rings. The number of aliphatic imine (C=N–C) groups is 1. The fourth-order valence-corrected chi connectivity index (χ4v) is 2.85. The van der Waals surface area contributed by atoms with E-state index < -0.39 is 5.97 Å². The third-order valence-corrected chi connectivity index (χ3v) is 4.01. The highest BCUT2D eigenvalue weighted by molar-refractivity contribution is 6.32. The summed E-state index contributed by atoms with van der Waals surface area (Å²) in [5.74, 6) is -1.18. The zero-order valence-corrected chi connectivity index (χ0v) is 16.2. The van der Waals surface area contributed by atoms with Gasteiger partial charge in [-0.2, -0.15) is 0 Å². The van der Waals surface area contributed by atoms with Crippen LogP contribution in [-0.4, -0.2) is 35.8 Å². The Morgan fingerprint density at radius 1 is 1.19 bits per heavy atom. The minimum atomic E-state index is -0.952. The minimum absolute atomic E-state index is 0.0316. The van der Waals surface area contributed by atoms with Crippen molar-refractivity contribution in [2.24, 2.45) is 4.99 Å². The summed E-state index contributed by atoms with van der Waals surface area (Å²) in [6, 6.07) is 14.7. The number of hydrogen-bond acceptors (Lipinski definition) is 3. The van der Waals surface area contributed by atoms with Crippen LogP contribution in [0.2, 0.25) is 5.02 Å². The van der Waals surface area contributed by atoms with Crippen LogP contribution in [0.3, 0.4) is 0 Å². The first-order valence-corrected chi connectivity index (χ1v) is 9.27. The molecule has 6 heteroatoms. The highest BCUT2D eigenvalue weighted by Crippen LogP contribution is 2.29. The van der Waals surface area contributed by atoms with Gasteiger partial charge in [-0.1, -0.05) is 62.2 Å². The molecule has 0 unspecified atom stereocenters. The zero-order chi connectivity index (χ0) is 19.8. The number of hydrogen-bond donors (Lipinski definition) is 1. The average Bonchev–Trinajstić information content (AvgIpc) is 2.77. The molecule has 1 N–H and O–H groups in total. The zero-order valence-electron chi connectivity index (χ0n) is 15.5. The van der Waals surface area contributed by atoms with Crippen LogP contribution in [0, 0.1) is 0 Å². The van der Waals surface area contributed by atoms with Crippen molar-refractivity contribution in [2.45, 2.75) is 26.7 Å². The van der Waals surface area contributed by atoms with Crippen molar-refractivity contribution in [1.29, 1.82) is 0 Å². The van der Waals surface area contributed by atoms with Gasteiger partial charge in [0.05, 0.1) is 17.8 Å². The minimum Gasteiger partial charge on any atom is -0.481 e. The number of benzene rings is 2. The van der Waals surface area contributed by atoms with Crippen molar-refractivity contribution in [3.63, 3.8) is 0 Å². The molecular formula is C21H23ClN2O3. The summed E-state index contributed by atoms with van der Waals surface area (Å²) >= 11 is 6.14. The first-order valence-electron chi connectivity index (χ1n) is 8.89. The van der Waals surface area contributed by atoms with Crippen LogP contribution in [0.25, 0.3) is 0 Å². The van der Waals surface area contributed by atoms with Gasteiger partial charge in [-0.05, 0) is 18.2 Å². The molecule has 3 rings (SSSR count). The smallest absolute Gasteiger partial charge is 0.305 e. The van der Waals surface area contributed by atoms with E-state index >= 15 is 0 Å². The molecule has 1 amide bonds. The third kappa shape index (κ3) is 5.41. The van der Waals surface area contributed by atoms with E-state index in [0.717, 1.165) is 11.1 Å². The Bertz CT molecular complexity index is 835. The molecule has 5 nitrogen and oxygen atoms in total. The van der Waals surface area contributed by atoms with Gasteiger partial charge >= 0.3 is 5.97 Å². The molecule has 1 heterocycles. The Morgan fingerprint density at radius 2 is 1.85 bits per heavy atom. The number of amides is 1. The van der Waals surface area contributed by atoms with Crippen molar-refractivity contribution >= 4 is 34.9 Å². The van der Waals surface area contributed by atoms with E-state index in [1.165, 1.54) is 11.3 Å². The lowest BCUT2D eigenvalue weighted by atomic mass is 10.00. The Kier molecular flexibility index (Phi) is 7.55. The molecule has 0 atom stereocenters. The molecule has 27 heavy (non-hydrogen) atoms. The maximum Gasteiger partial charge on any atom is 0.305 e. The highest BCUT2D eigenvalue weighted by atomic mass is 35.5. The number of carboxylic acid groups (broad SMARTS) is 1. The van der Waals surface area contributed by atoms with Gasteiger partial charge in [0.15, 0.2) is 0 Å². The molecule has 1 aliphatic heterocycles. The number of anilines is 1. The summed E-state index contributed by atoms with van der Waals surface area (Å²) in [6.45, 7) is 4.32. The number of carbonyl (C=O) groups excluding carboxylic acids is 1. The van der Waals surface area contributed by atoms with Crippen molar-refractivity contribution in [2.75, 3.05) is 18.0 Å². The summed E-state index contributed by atoms with van der Waals surface area (Å²) < 4.78 is 0. The summed E-state index contributed by atoms with van der Waals surface area (Å²) in [7, 11) is 0. The number of halogens is 1. The van der Waals surface area contributed by atoms with Crippen molar-refractivity contribution < 1.29 is 14.7 Å². The van der Waals surface area contributed by atoms with Crippen LogP contribution in [0.4, 0.5) is 5.69 Å². The summed E-state index contributed by atoms with van der Waals surface area (Å²) in [4.78, 5) is 29.3. The molecule has 0 saturated heterocycles. The van der Waals surface area contributed by atoms with Gasteiger partial charge in [-0.25, -0.2) is 0 Å². The van der Waals surface area contributed by atoms with Crippen LogP contribution >= 0.6 is 11.6 Å². The largest absolute Gasteiger partial charge is 0.481 e. The molecule has 0 aliphatic carbocycles. The molecular weight excluding hydrogens is 364 g/mol. The predicted molar refractivity (Wildman–Crippen MR) is 109 cm³/mol. The molecule has 0 radical (unpaired) electrons. The number of aliphatic carboxylic acids is 1. The molecule has 0 spiro atoms. The van der Waals surface area contributed by atoms with Gasteiger partial charge in [-0.15, -0.1) is 0 Å². The SMILES string of the molecule is CCC.O=C(O)CCN1C(=O)CN=C(c2ccccc2)c2cc(Cl)ccc21. The van der Waals surface area contributed by atoms with Gasteiger partial charge < -0.3 is 10.0 Å². The maximum atomic E-state index is 12.4. The van der Waals surface area contributed by atoms with E-state index in [4.69, 9.17) is 16.7 Å². The monoisotopic (exact) mass is 386 g/mol. The molecule has 0 saturated carbocycles. The lowest BCUT2D eigenvalue weighted by Gasteiger charge is -2.22. The predicted octanol–water partition coefficient (Wildman–Crippen LogP) is 4.42. The lowest BCUT2D eigenvalue weighted by Crippen LogP contribution is -2.34. The van der Waals surface area contributed by atoms with E-state index in [0.29, 0.717) is 16.4 Å². The third-order valence-electron chi connectivity index (χ3n) is 3.77. The van der Waals surface area contributed by atoms with Crippen LogP contribution in [-0.2, 0) is 9.59 Å². The quantitative estimate of drug-likeness (QED) is 0.845. The van der Waals surface area contributed by atoms with Gasteiger partial charge in [0.25, 0.3) is 0 Å². The number of nitrogens with zero attached hydrogens (tertiary/aromatic N) is 2. The molecule has 2 aromatic carbocycles. The number of fused-ring (bicyclic) bond motifs is 1. The standard InChI is InChI=1S/C18H15ClN2O3.C3H8/c19-13-6-7-15-14(10-13)18(12-4-2-1-3-5-12)20-11-16(22)21(15)9-8-17(23)24;1-3-2/h1-7,10H,8-9,11H2,(H,23,24);3H2,1-2H3. The van der Waals surface area contributed by atoms with Gasteiger partial charge in [0.2, 0.25) is 5.91 Å². The fourth-order valence-electron chi connectivity index (χ4n) is 2.68. The maximum absolute atomic E-state index is 12.4. The number of carbonyl (C=O) groups is 2. The molecule has 0 bridgehead atoms. The lowest BCUT2D eigenvalue weighted by molar-refractivity contribution is -0.136. The van der Waals surface area contributed by atoms with Gasteiger partial charge in [0, 0.05) is 22.7 Å². The van der Waals surface area contributed by atoms with Crippen LogP contribution < -0.4 is 4.90 Å². The summed E-state index contributed by atoms with van der Waals surface area (Å²) in [5, 5.41) is 9.47. The Labute approximate surface area is 164 Å². The number of benzodiazepines with no additional fused rings is 1. The van der Waals surface area contributed by atoms with Crippen LogP contribution in [0.1, 0.15) is 37.8 Å². The average molecular weight is 387 g/mol. The molecule has 142 valence electrons. The first kappa shape index (κ1) is 20.6. The second-order valence-electron chi connectivity index (χ2n) is 6.09. The number of rotatable bonds is 4. The topological polar surface area (TPSA) is 70.0 Å². The number of carboxylic acids is 1. The van der Waals surface area contributed by atoms with E-state index in [-0.39, 0.29) is 25.4 Å². The van der Waals surface area contributed by atoms with Crippen molar-refractivity contribution in [1.82, 2.24) is 0 Å². The van der Waals surface area contributed by atoms with Crippen LogP contribution in [0.15, 0.2) is 53.5 Å². The molecule has 0 aromatic heterocycles. The van der Waals surface area contributed by atoms with E-state index in [1.807, 2.05) is 30.3 Å². The van der Waals surface area contributed by atoms with Crippen LogP contribution in [0.5, 0.6) is 0 Å². The molecule has 2 aromatic rings. The van der Waals surface area contributed by atoms with E-state index in [1.54, 1.807) is 18.2 Å².